The third-order valence-corrected chi connectivity index (χ3v) is 4.66. The molecule has 0 aromatic heterocycles. The molecule has 0 aromatic carbocycles. The molecule has 0 radical (unpaired) electrons. The van der Waals surface area contributed by atoms with Crippen LogP contribution in [0.2, 0.25) is 0 Å². The van der Waals surface area contributed by atoms with Crippen LogP contribution in [-0.4, -0.2) is 28.2 Å². The lowest BCUT2D eigenvalue weighted by Crippen LogP contribution is -2.28. The molecule has 0 spiro atoms. The molecule has 0 aliphatic heterocycles. The Morgan fingerprint density at radius 2 is 1.44 bits per heavy atom. The van der Waals surface area contributed by atoms with Gasteiger partial charge in [0.1, 0.15) is 5.78 Å². The van der Waals surface area contributed by atoms with Crippen LogP contribution in [0.5, 0.6) is 0 Å². The van der Waals surface area contributed by atoms with Crippen molar-refractivity contribution in [1.82, 2.24) is 0 Å². The maximum atomic E-state index is 10.9. The lowest BCUT2D eigenvalue weighted by molar-refractivity contribution is -0.126. The summed E-state index contributed by atoms with van der Waals surface area (Å²) in [6.45, 7) is 11.6. The SMILES string of the molecule is C=C1CCC(O)C1(C)C.CC1(C)C(=O)CCC1O. The highest BCUT2D eigenvalue weighted by atomic mass is 16.3. The minimum atomic E-state index is -0.472. The Kier molecular flexibility index (Phi) is 4.39. The summed E-state index contributed by atoms with van der Waals surface area (Å²) in [4.78, 5) is 10.9. The number of carbonyl (C=O) groups is 1. The monoisotopic (exact) mass is 254 g/mol. The van der Waals surface area contributed by atoms with Crippen LogP contribution >= 0.6 is 0 Å². The Morgan fingerprint density at radius 3 is 1.56 bits per heavy atom. The van der Waals surface area contributed by atoms with Crippen LogP contribution < -0.4 is 0 Å². The van der Waals surface area contributed by atoms with Crippen LogP contribution in [0.15, 0.2) is 12.2 Å². The first-order chi connectivity index (χ1) is 8.10. The average molecular weight is 254 g/mol. The van der Waals surface area contributed by atoms with Gasteiger partial charge in [-0.15, -0.1) is 0 Å². The Morgan fingerprint density at radius 1 is 1.00 bits per heavy atom. The number of rotatable bonds is 0. The van der Waals surface area contributed by atoms with E-state index in [0.29, 0.717) is 12.8 Å². The Bertz CT molecular complexity index is 308. The number of hydrogen-bond acceptors (Lipinski definition) is 3. The Labute approximate surface area is 110 Å². The number of aliphatic hydroxyl groups is 2. The van der Waals surface area contributed by atoms with Crippen molar-refractivity contribution >= 4 is 5.78 Å². The summed E-state index contributed by atoms with van der Waals surface area (Å²) in [5.41, 5.74) is 0.690. The van der Waals surface area contributed by atoms with Crippen LogP contribution in [0.1, 0.15) is 53.4 Å². The van der Waals surface area contributed by atoms with Gasteiger partial charge in [0, 0.05) is 17.3 Å². The lowest BCUT2D eigenvalue weighted by Gasteiger charge is -2.23. The van der Waals surface area contributed by atoms with E-state index in [1.165, 1.54) is 5.57 Å². The number of hydrogen-bond donors (Lipinski definition) is 2. The molecule has 0 saturated heterocycles. The molecule has 0 bridgehead atoms. The molecule has 3 heteroatoms. The quantitative estimate of drug-likeness (QED) is 0.653. The molecule has 0 heterocycles. The number of aliphatic hydroxyl groups excluding tert-OH is 2. The highest BCUT2D eigenvalue weighted by Crippen LogP contribution is 2.40. The minimum absolute atomic E-state index is 0.0278. The first-order valence-corrected chi connectivity index (χ1v) is 6.68. The van der Waals surface area contributed by atoms with E-state index in [-0.39, 0.29) is 17.3 Å². The fourth-order valence-corrected chi connectivity index (χ4v) is 2.37. The van der Waals surface area contributed by atoms with Crippen molar-refractivity contribution in [3.05, 3.63) is 12.2 Å². The van der Waals surface area contributed by atoms with Gasteiger partial charge in [-0.05, 0) is 19.3 Å². The van der Waals surface area contributed by atoms with Crippen molar-refractivity contribution in [2.75, 3.05) is 0 Å². The van der Waals surface area contributed by atoms with Crippen molar-refractivity contribution < 1.29 is 15.0 Å². The minimum Gasteiger partial charge on any atom is -0.392 e. The summed E-state index contributed by atoms with van der Waals surface area (Å²) < 4.78 is 0. The molecule has 2 saturated carbocycles. The van der Waals surface area contributed by atoms with Crippen molar-refractivity contribution in [3.8, 4) is 0 Å². The second-order valence-corrected chi connectivity index (χ2v) is 6.58. The van der Waals surface area contributed by atoms with E-state index in [1.807, 2.05) is 13.8 Å². The molecule has 2 atom stereocenters. The maximum absolute atomic E-state index is 10.9. The fraction of sp³-hybridized carbons (Fsp3) is 0.800. The van der Waals surface area contributed by atoms with E-state index in [4.69, 9.17) is 0 Å². The van der Waals surface area contributed by atoms with Crippen LogP contribution in [-0.2, 0) is 4.79 Å². The number of ketones is 1. The van der Waals surface area contributed by atoms with Gasteiger partial charge in [-0.1, -0.05) is 39.8 Å². The fourth-order valence-electron chi connectivity index (χ4n) is 2.37. The van der Waals surface area contributed by atoms with E-state index in [0.717, 1.165) is 12.8 Å². The van der Waals surface area contributed by atoms with Gasteiger partial charge in [-0.25, -0.2) is 0 Å². The smallest absolute Gasteiger partial charge is 0.141 e. The topological polar surface area (TPSA) is 57.5 Å². The van der Waals surface area contributed by atoms with Crippen LogP contribution in [0, 0.1) is 10.8 Å². The average Bonchev–Trinajstić information content (AvgIpc) is 2.65. The van der Waals surface area contributed by atoms with Gasteiger partial charge < -0.3 is 10.2 Å². The largest absolute Gasteiger partial charge is 0.392 e. The van der Waals surface area contributed by atoms with Gasteiger partial charge >= 0.3 is 0 Å². The van der Waals surface area contributed by atoms with Gasteiger partial charge in [0.2, 0.25) is 0 Å². The van der Waals surface area contributed by atoms with Gasteiger partial charge in [0.25, 0.3) is 0 Å². The second-order valence-electron chi connectivity index (χ2n) is 6.58. The van der Waals surface area contributed by atoms with Gasteiger partial charge in [0.05, 0.1) is 12.2 Å². The highest BCUT2D eigenvalue weighted by molar-refractivity contribution is 5.86. The molecule has 3 nitrogen and oxygen atoms in total. The van der Waals surface area contributed by atoms with Gasteiger partial charge in [0.15, 0.2) is 0 Å². The zero-order valence-corrected chi connectivity index (χ0v) is 12.0. The highest BCUT2D eigenvalue weighted by Gasteiger charge is 2.40. The van der Waals surface area contributed by atoms with E-state index in [9.17, 15) is 15.0 Å². The van der Waals surface area contributed by atoms with Crippen molar-refractivity contribution in [1.29, 1.82) is 0 Å². The predicted molar refractivity (Wildman–Crippen MR) is 72.2 cm³/mol. The van der Waals surface area contributed by atoms with E-state index >= 15 is 0 Å². The normalized spacial score (nSPS) is 33.2. The van der Waals surface area contributed by atoms with Gasteiger partial charge in [-0.2, -0.15) is 0 Å². The summed E-state index contributed by atoms with van der Waals surface area (Å²) in [5.74, 6) is 0.190. The number of Topliss-reactive ketones (excluding diaryl/α,β-unsaturated/α-hetero) is 1. The molecule has 2 aliphatic carbocycles. The molecule has 18 heavy (non-hydrogen) atoms. The lowest BCUT2D eigenvalue weighted by atomic mass is 9.86. The predicted octanol–water partition coefficient (Wildman–Crippen LogP) is 2.46. The molecule has 0 aromatic rings. The second kappa shape index (κ2) is 5.14. The van der Waals surface area contributed by atoms with E-state index in [1.54, 1.807) is 13.8 Å². The molecule has 2 rings (SSSR count). The van der Waals surface area contributed by atoms with Crippen molar-refractivity contribution in [2.24, 2.45) is 10.8 Å². The molecule has 2 fully saturated rings. The van der Waals surface area contributed by atoms with Crippen LogP contribution in [0.3, 0.4) is 0 Å². The first-order valence-electron chi connectivity index (χ1n) is 6.68. The molecule has 2 aliphatic rings. The molecule has 2 unspecified atom stereocenters. The summed E-state index contributed by atoms with van der Waals surface area (Å²) in [5, 5.41) is 18.6. The van der Waals surface area contributed by atoms with Crippen LogP contribution in [0.4, 0.5) is 0 Å². The van der Waals surface area contributed by atoms with E-state index < -0.39 is 11.5 Å². The zero-order valence-electron chi connectivity index (χ0n) is 12.0. The Hall–Kier alpha value is -0.670. The summed E-state index contributed by atoms with van der Waals surface area (Å²) >= 11 is 0. The molecular weight excluding hydrogens is 228 g/mol. The van der Waals surface area contributed by atoms with Crippen molar-refractivity contribution in [2.45, 2.75) is 65.6 Å². The molecule has 0 amide bonds. The van der Waals surface area contributed by atoms with E-state index in [2.05, 4.69) is 6.58 Å². The molecular formula is C15H26O3. The Balaban J connectivity index is 0.000000180. The summed E-state index contributed by atoms with van der Waals surface area (Å²) in [6, 6.07) is 0. The third-order valence-electron chi connectivity index (χ3n) is 4.66. The molecule has 104 valence electrons. The standard InChI is InChI=1S/C8H14O.C7H12O2/c1-6-4-5-7(9)8(6,2)3;1-7(2)5(8)3-4-6(7)9/h7,9H,1,4-5H2,2-3H3;5,8H,3-4H2,1-2H3. The zero-order chi connectivity index (χ0) is 14.1. The van der Waals surface area contributed by atoms with Gasteiger partial charge in [-0.3, -0.25) is 4.79 Å². The summed E-state index contributed by atoms with van der Waals surface area (Å²) in [6.07, 6.45) is 2.51. The molecule has 2 N–H and O–H groups in total. The van der Waals surface area contributed by atoms with Crippen molar-refractivity contribution in [3.63, 3.8) is 0 Å². The summed E-state index contributed by atoms with van der Waals surface area (Å²) in [7, 11) is 0. The van der Waals surface area contributed by atoms with Crippen LogP contribution in [0.25, 0.3) is 0 Å². The third kappa shape index (κ3) is 2.83. The first kappa shape index (κ1) is 15.4. The number of carbonyl (C=O) groups excluding carboxylic acids is 1. The maximum Gasteiger partial charge on any atom is 0.141 e.